The third-order valence-electron chi connectivity index (χ3n) is 3.98. The van der Waals surface area contributed by atoms with Crippen LogP contribution in [0, 0.1) is 0 Å². The molecule has 0 saturated heterocycles. The van der Waals surface area contributed by atoms with Gasteiger partial charge in [-0.15, -0.1) is 0 Å². The highest BCUT2D eigenvalue weighted by Gasteiger charge is 2.18. The van der Waals surface area contributed by atoms with E-state index in [1.54, 1.807) is 19.1 Å². The molecule has 0 unspecified atom stereocenters. The highest BCUT2D eigenvalue weighted by atomic mass is 16.3. The van der Waals surface area contributed by atoms with E-state index in [9.17, 15) is 9.90 Å². The van der Waals surface area contributed by atoms with E-state index in [-0.39, 0.29) is 5.78 Å². The molecular formula is C18H19NO2. The topological polar surface area (TPSA) is 40.5 Å². The number of hydrogen-bond acceptors (Lipinski definition) is 3. The second-order valence-electron chi connectivity index (χ2n) is 5.59. The lowest BCUT2D eigenvalue weighted by molar-refractivity contribution is 0.101. The van der Waals surface area contributed by atoms with Crippen LogP contribution >= 0.6 is 0 Å². The van der Waals surface area contributed by atoms with Crippen molar-refractivity contribution in [3.8, 4) is 5.75 Å². The van der Waals surface area contributed by atoms with E-state index < -0.39 is 0 Å². The summed E-state index contributed by atoms with van der Waals surface area (Å²) >= 11 is 0. The number of Topliss-reactive ketones (excluding diaryl/α,β-unsaturated/α-hetero) is 1. The number of hydrogen-bond donors (Lipinski definition) is 1. The van der Waals surface area contributed by atoms with Gasteiger partial charge in [-0.05, 0) is 61.2 Å². The van der Waals surface area contributed by atoms with Crippen molar-refractivity contribution in [1.29, 1.82) is 0 Å². The Morgan fingerprint density at radius 3 is 2.86 bits per heavy atom. The third kappa shape index (κ3) is 2.92. The van der Waals surface area contributed by atoms with Crippen LogP contribution in [-0.2, 0) is 13.0 Å². The summed E-state index contributed by atoms with van der Waals surface area (Å²) in [6.45, 7) is 3.39. The fourth-order valence-corrected chi connectivity index (χ4v) is 2.93. The largest absolute Gasteiger partial charge is 0.508 e. The lowest BCUT2D eigenvalue weighted by atomic mass is 9.97. The summed E-state index contributed by atoms with van der Waals surface area (Å²) in [6.07, 6.45) is 2.11. The Kier molecular flexibility index (Phi) is 3.65. The van der Waals surface area contributed by atoms with E-state index in [2.05, 4.69) is 4.90 Å². The Morgan fingerprint density at radius 1 is 1.24 bits per heavy atom. The average molecular weight is 281 g/mol. The van der Waals surface area contributed by atoms with E-state index in [1.807, 2.05) is 30.3 Å². The first-order valence-corrected chi connectivity index (χ1v) is 7.30. The number of benzene rings is 2. The van der Waals surface area contributed by atoms with Crippen molar-refractivity contribution in [2.75, 3.05) is 11.4 Å². The predicted molar refractivity (Wildman–Crippen MR) is 83.9 cm³/mol. The predicted octanol–water partition coefficient (Wildman–Crippen LogP) is 3.55. The van der Waals surface area contributed by atoms with Gasteiger partial charge >= 0.3 is 0 Å². The number of aryl methyl sites for hydroxylation is 1. The van der Waals surface area contributed by atoms with Gasteiger partial charge in [-0.2, -0.15) is 0 Å². The second kappa shape index (κ2) is 5.60. The Labute approximate surface area is 124 Å². The summed E-state index contributed by atoms with van der Waals surface area (Å²) in [7, 11) is 0. The standard InChI is InChI=1S/C18H19NO2/c1-13(20)15-7-8-18-16(11-15)5-3-9-19(18)12-14-4-2-6-17(21)10-14/h2,4,6-8,10-11,21H,3,5,9,12H2,1H3. The number of carbonyl (C=O) groups excluding carboxylic acids is 1. The number of rotatable bonds is 3. The Balaban J connectivity index is 1.88. The van der Waals surface area contributed by atoms with Crippen LogP contribution in [0.1, 0.15) is 34.8 Å². The first-order valence-electron chi connectivity index (χ1n) is 7.30. The third-order valence-corrected chi connectivity index (χ3v) is 3.98. The van der Waals surface area contributed by atoms with Crippen molar-refractivity contribution in [3.63, 3.8) is 0 Å². The molecule has 0 radical (unpaired) electrons. The highest BCUT2D eigenvalue weighted by molar-refractivity contribution is 5.94. The molecule has 3 nitrogen and oxygen atoms in total. The Hall–Kier alpha value is -2.29. The van der Waals surface area contributed by atoms with Crippen molar-refractivity contribution in [3.05, 3.63) is 59.2 Å². The first kappa shape index (κ1) is 13.7. The number of carbonyl (C=O) groups is 1. The minimum Gasteiger partial charge on any atom is -0.508 e. The monoisotopic (exact) mass is 281 g/mol. The van der Waals surface area contributed by atoms with Crippen LogP contribution < -0.4 is 4.90 Å². The van der Waals surface area contributed by atoms with Gasteiger partial charge in [0.25, 0.3) is 0 Å². The fourth-order valence-electron chi connectivity index (χ4n) is 2.93. The molecule has 0 aromatic heterocycles. The maximum Gasteiger partial charge on any atom is 0.159 e. The van der Waals surface area contributed by atoms with Gasteiger partial charge in [0.15, 0.2) is 5.78 Å². The quantitative estimate of drug-likeness (QED) is 0.875. The molecule has 1 N–H and O–H groups in total. The van der Waals surface area contributed by atoms with E-state index in [1.165, 1.54) is 11.3 Å². The highest BCUT2D eigenvalue weighted by Crippen LogP contribution is 2.29. The minimum atomic E-state index is 0.114. The molecule has 1 aliphatic heterocycles. The van der Waals surface area contributed by atoms with Crippen LogP contribution in [0.5, 0.6) is 5.75 Å². The summed E-state index contributed by atoms with van der Waals surface area (Å²) in [5.41, 5.74) is 4.33. The Morgan fingerprint density at radius 2 is 2.10 bits per heavy atom. The number of nitrogens with zero attached hydrogens (tertiary/aromatic N) is 1. The molecule has 0 amide bonds. The van der Waals surface area contributed by atoms with Gasteiger partial charge in [-0.1, -0.05) is 12.1 Å². The van der Waals surface area contributed by atoms with E-state index >= 15 is 0 Å². The lowest BCUT2D eigenvalue weighted by Gasteiger charge is -2.31. The molecule has 3 rings (SSSR count). The number of phenols is 1. The number of anilines is 1. The van der Waals surface area contributed by atoms with Crippen LogP contribution in [0.25, 0.3) is 0 Å². The molecule has 0 aliphatic carbocycles. The zero-order valence-electron chi connectivity index (χ0n) is 12.2. The fraction of sp³-hybridized carbons (Fsp3) is 0.278. The van der Waals surface area contributed by atoms with Gasteiger partial charge < -0.3 is 10.0 Å². The maximum absolute atomic E-state index is 11.5. The number of ketones is 1. The minimum absolute atomic E-state index is 0.114. The van der Waals surface area contributed by atoms with E-state index in [0.717, 1.165) is 37.1 Å². The number of fused-ring (bicyclic) bond motifs is 1. The van der Waals surface area contributed by atoms with Gasteiger partial charge in [-0.25, -0.2) is 0 Å². The smallest absolute Gasteiger partial charge is 0.159 e. The summed E-state index contributed by atoms with van der Waals surface area (Å²) in [6, 6.07) is 13.4. The maximum atomic E-state index is 11.5. The zero-order valence-corrected chi connectivity index (χ0v) is 12.2. The van der Waals surface area contributed by atoms with Crippen LogP contribution in [0.4, 0.5) is 5.69 Å². The van der Waals surface area contributed by atoms with Crippen LogP contribution in [0.15, 0.2) is 42.5 Å². The van der Waals surface area contributed by atoms with Crippen LogP contribution in [0.2, 0.25) is 0 Å². The SMILES string of the molecule is CC(=O)c1ccc2c(c1)CCCN2Cc1cccc(O)c1. The molecule has 1 heterocycles. The van der Waals surface area contributed by atoms with Crippen molar-refractivity contribution < 1.29 is 9.90 Å². The molecule has 0 spiro atoms. The molecule has 0 fully saturated rings. The summed E-state index contributed by atoms with van der Waals surface area (Å²) < 4.78 is 0. The molecule has 0 bridgehead atoms. The zero-order chi connectivity index (χ0) is 14.8. The van der Waals surface area contributed by atoms with Gasteiger partial charge in [0.1, 0.15) is 5.75 Å². The molecule has 21 heavy (non-hydrogen) atoms. The average Bonchev–Trinajstić information content (AvgIpc) is 2.47. The van der Waals surface area contributed by atoms with Crippen molar-refractivity contribution in [1.82, 2.24) is 0 Å². The normalized spacial score (nSPS) is 13.9. The number of phenolic OH excluding ortho intramolecular Hbond substituents is 1. The first-order chi connectivity index (χ1) is 10.1. The summed E-state index contributed by atoms with van der Waals surface area (Å²) in [4.78, 5) is 13.8. The van der Waals surface area contributed by atoms with Gasteiger partial charge in [0, 0.05) is 24.3 Å². The van der Waals surface area contributed by atoms with E-state index in [0.29, 0.717) is 5.75 Å². The molecule has 2 aromatic rings. The molecule has 1 aliphatic rings. The van der Waals surface area contributed by atoms with E-state index in [4.69, 9.17) is 0 Å². The molecule has 0 atom stereocenters. The lowest BCUT2D eigenvalue weighted by Crippen LogP contribution is -2.28. The molecule has 108 valence electrons. The van der Waals surface area contributed by atoms with Gasteiger partial charge in [0.05, 0.1) is 0 Å². The van der Waals surface area contributed by atoms with Crippen LogP contribution in [0.3, 0.4) is 0 Å². The van der Waals surface area contributed by atoms with Crippen molar-refractivity contribution in [2.24, 2.45) is 0 Å². The Bertz CT molecular complexity index is 679. The van der Waals surface area contributed by atoms with Crippen molar-refractivity contribution >= 4 is 11.5 Å². The summed E-state index contributed by atoms with van der Waals surface area (Å²) in [5, 5.41) is 9.58. The summed E-state index contributed by atoms with van der Waals surface area (Å²) in [5.74, 6) is 0.416. The van der Waals surface area contributed by atoms with Crippen LogP contribution in [-0.4, -0.2) is 17.4 Å². The molecule has 0 saturated carbocycles. The van der Waals surface area contributed by atoms with Gasteiger partial charge in [-0.3, -0.25) is 4.79 Å². The molecular weight excluding hydrogens is 262 g/mol. The molecule has 3 heteroatoms. The second-order valence-corrected chi connectivity index (χ2v) is 5.59. The van der Waals surface area contributed by atoms with Crippen molar-refractivity contribution in [2.45, 2.75) is 26.3 Å². The molecule has 2 aromatic carbocycles. The van der Waals surface area contributed by atoms with Gasteiger partial charge in [0.2, 0.25) is 0 Å². The number of aromatic hydroxyl groups is 1.